The number of hydrogen-bond donors (Lipinski definition) is 1. The van der Waals surface area contributed by atoms with Crippen molar-refractivity contribution in [2.75, 3.05) is 12.8 Å². The van der Waals surface area contributed by atoms with Crippen LogP contribution < -0.4 is 5.73 Å². The maximum atomic E-state index is 13.6. The zero-order valence-electron chi connectivity index (χ0n) is 8.93. The highest BCUT2D eigenvalue weighted by Gasteiger charge is 2.15. The molecule has 17 heavy (non-hydrogen) atoms. The monoisotopic (exact) mass is 302 g/mol. The average Bonchev–Trinajstić information content (AvgIpc) is 2.26. The summed E-state index contributed by atoms with van der Waals surface area (Å²) in [6.07, 6.45) is 0. The third-order valence-electron chi connectivity index (χ3n) is 2.30. The van der Waals surface area contributed by atoms with Crippen molar-refractivity contribution in [3.8, 4) is 0 Å². The fraction of sp³-hybridized carbons (Fsp3) is 0.182. The van der Waals surface area contributed by atoms with Crippen molar-refractivity contribution in [1.29, 1.82) is 0 Å². The van der Waals surface area contributed by atoms with Crippen LogP contribution in [-0.2, 0) is 11.3 Å². The third-order valence-corrected chi connectivity index (χ3v) is 3.08. The maximum Gasteiger partial charge on any atom is 0.152 e. The molecule has 1 heterocycles. The van der Waals surface area contributed by atoms with E-state index in [1.54, 1.807) is 0 Å². The van der Waals surface area contributed by atoms with Gasteiger partial charge in [0.1, 0.15) is 11.3 Å². The molecule has 3 nitrogen and oxygen atoms in total. The topological polar surface area (TPSA) is 48.1 Å². The van der Waals surface area contributed by atoms with Gasteiger partial charge in [-0.25, -0.2) is 13.8 Å². The number of hydrogen-bond acceptors (Lipinski definition) is 3. The van der Waals surface area contributed by atoms with E-state index in [9.17, 15) is 8.78 Å². The van der Waals surface area contributed by atoms with Crippen LogP contribution in [0, 0.1) is 11.6 Å². The lowest BCUT2D eigenvalue weighted by molar-refractivity contribution is 0.182. The second kappa shape index (κ2) is 4.54. The van der Waals surface area contributed by atoms with Gasteiger partial charge < -0.3 is 10.5 Å². The number of halogens is 3. The molecule has 0 aliphatic heterocycles. The number of benzene rings is 1. The summed E-state index contributed by atoms with van der Waals surface area (Å²) in [5, 5.41) is 0.238. The van der Waals surface area contributed by atoms with E-state index in [0.717, 1.165) is 6.07 Å². The van der Waals surface area contributed by atoms with E-state index >= 15 is 0 Å². The van der Waals surface area contributed by atoms with Crippen LogP contribution in [0.5, 0.6) is 0 Å². The average molecular weight is 303 g/mol. The van der Waals surface area contributed by atoms with Crippen LogP contribution in [-0.4, -0.2) is 12.1 Å². The Kier molecular flexibility index (Phi) is 3.26. The summed E-state index contributed by atoms with van der Waals surface area (Å²) in [5.74, 6) is -1.45. The predicted octanol–water partition coefficient (Wildman–Crippen LogP) is 3.00. The zero-order chi connectivity index (χ0) is 12.6. The van der Waals surface area contributed by atoms with Gasteiger partial charge >= 0.3 is 0 Å². The van der Waals surface area contributed by atoms with Crippen LogP contribution in [0.4, 0.5) is 14.5 Å². The molecule has 0 saturated heterocycles. The summed E-state index contributed by atoms with van der Waals surface area (Å²) in [4.78, 5) is 4.05. The first-order valence-corrected chi connectivity index (χ1v) is 5.55. The van der Waals surface area contributed by atoms with Crippen molar-refractivity contribution < 1.29 is 13.5 Å². The summed E-state index contributed by atoms with van der Waals surface area (Å²) < 4.78 is 32.0. The van der Waals surface area contributed by atoms with Gasteiger partial charge in [-0.3, -0.25) is 0 Å². The van der Waals surface area contributed by atoms with E-state index in [1.807, 2.05) is 0 Å². The van der Waals surface area contributed by atoms with Crippen LogP contribution in [0.1, 0.15) is 5.69 Å². The molecule has 0 aliphatic carbocycles. The lowest BCUT2D eigenvalue weighted by Gasteiger charge is -2.09. The molecule has 6 heteroatoms. The molecule has 1 aromatic heterocycles. The Morgan fingerprint density at radius 3 is 2.71 bits per heavy atom. The van der Waals surface area contributed by atoms with E-state index in [1.165, 1.54) is 13.2 Å². The van der Waals surface area contributed by atoms with Crippen LogP contribution >= 0.6 is 15.9 Å². The van der Waals surface area contributed by atoms with E-state index in [4.69, 9.17) is 10.5 Å². The molecule has 0 atom stereocenters. The third kappa shape index (κ3) is 2.10. The molecule has 2 rings (SSSR count). The number of nitrogen functional groups attached to an aromatic ring is 1. The highest BCUT2D eigenvalue weighted by molar-refractivity contribution is 9.10. The van der Waals surface area contributed by atoms with Gasteiger partial charge in [0.2, 0.25) is 0 Å². The van der Waals surface area contributed by atoms with Crippen molar-refractivity contribution in [3.63, 3.8) is 0 Å². The molecule has 1 aromatic carbocycles. The molecule has 0 aliphatic rings. The number of rotatable bonds is 2. The summed E-state index contributed by atoms with van der Waals surface area (Å²) in [5.41, 5.74) is 6.55. The Morgan fingerprint density at radius 2 is 2.06 bits per heavy atom. The van der Waals surface area contributed by atoms with Crippen molar-refractivity contribution in [2.45, 2.75) is 6.61 Å². The molecular weight excluding hydrogens is 294 g/mol. The smallest absolute Gasteiger partial charge is 0.152 e. The fourth-order valence-corrected chi connectivity index (χ4v) is 2.14. The fourth-order valence-electron chi connectivity index (χ4n) is 1.61. The molecule has 0 radical (unpaired) electrons. The molecule has 0 unspecified atom stereocenters. The summed E-state index contributed by atoms with van der Waals surface area (Å²) in [6.45, 7) is 0.217. The van der Waals surface area contributed by atoms with Crippen molar-refractivity contribution in [1.82, 2.24) is 4.98 Å². The van der Waals surface area contributed by atoms with E-state index < -0.39 is 11.6 Å². The number of fused-ring (bicyclic) bond motifs is 1. The van der Waals surface area contributed by atoms with Crippen LogP contribution in [0.25, 0.3) is 10.9 Å². The van der Waals surface area contributed by atoms with Gasteiger partial charge in [-0.05, 0) is 22.0 Å². The SMILES string of the molecule is COCc1cc(N)c2c(Br)c(F)cc(F)c2n1. The second-order valence-corrected chi connectivity index (χ2v) is 4.31. The van der Waals surface area contributed by atoms with E-state index in [2.05, 4.69) is 20.9 Å². The number of anilines is 1. The van der Waals surface area contributed by atoms with Gasteiger partial charge in [-0.2, -0.15) is 0 Å². The molecule has 0 spiro atoms. The maximum absolute atomic E-state index is 13.6. The van der Waals surface area contributed by atoms with Crippen molar-refractivity contribution >= 4 is 32.5 Å². The van der Waals surface area contributed by atoms with Gasteiger partial charge in [0.05, 0.1) is 16.8 Å². The lowest BCUT2D eigenvalue weighted by atomic mass is 10.1. The molecule has 0 saturated carbocycles. The van der Waals surface area contributed by atoms with Crippen LogP contribution in [0.15, 0.2) is 16.6 Å². The molecule has 2 N–H and O–H groups in total. The van der Waals surface area contributed by atoms with Gasteiger partial charge in [0, 0.05) is 24.2 Å². The molecule has 0 fully saturated rings. The number of pyridine rings is 1. The quantitative estimate of drug-likeness (QED) is 0.868. The minimum absolute atomic E-state index is 0.0327. The minimum Gasteiger partial charge on any atom is -0.398 e. The van der Waals surface area contributed by atoms with Gasteiger partial charge in [-0.15, -0.1) is 0 Å². The second-order valence-electron chi connectivity index (χ2n) is 3.51. The van der Waals surface area contributed by atoms with Gasteiger partial charge in [-0.1, -0.05) is 0 Å². The minimum atomic E-state index is -0.745. The van der Waals surface area contributed by atoms with Crippen LogP contribution in [0.3, 0.4) is 0 Å². The Hall–Kier alpha value is -1.27. The van der Waals surface area contributed by atoms with Gasteiger partial charge in [0.15, 0.2) is 5.82 Å². The predicted molar refractivity (Wildman–Crippen MR) is 64.5 cm³/mol. The number of aromatic nitrogens is 1. The molecule has 0 bridgehead atoms. The summed E-state index contributed by atoms with van der Waals surface area (Å²) >= 11 is 3.04. The Balaban J connectivity index is 2.81. The number of methoxy groups -OCH3 is 1. The summed E-state index contributed by atoms with van der Waals surface area (Å²) in [6, 6.07) is 2.31. The first-order valence-electron chi connectivity index (χ1n) is 4.76. The first-order chi connectivity index (χ1) is 8.04. The highest BCUT2D eigenvalue weighted by atomic mass is 79.9. The number of nitrogens with two attached hydrogens (primary N) is 1. The normalized spacial score (nSPS) is 11.1. The number of nitrogens with zero attached hydrogens (tertiary/aromatic N) is 1. The number of ether oxygens (including phenoxy) is 1. The first kappa shape index (κ1) is 12.2. The molecule has 0 amide bonds. The highest BCUT2D eigenvalue weighted by Crippen LogP contribution is 2.32. The standard InChI is InChI=1S/C11H9BrF2N2O/c1-17-4-5-2-8(15)9-10(12)6(13)3-7(14)11(9)16-5/h2-3H,4H2,1H3,(H2,15,16). The zero-order valence-corrected chi connectivity index (χ0v) is 10.5. The summed E-state index contributed by atoms with van der Waals surface area (Å²) in [7, 11) is 1.50. The Labute approximate surface area is 105 Å². The largest absolute Gasteiger partial charge is 0.398 e. The van der Waals surface area contributed by atoms with E-state index in [0.29, 0.717) is 5.69 Å². The molecular formula is C11H9BrF2N2O. The molecule has 2 aromatic rings. The Bertz CT molecular complexity index is 589. The molecule has 90 valence electrons. The van der Waals surface area contributed by atoms with Crippen molar-refractivity contribution in [2.24, 2.45) is 0 Å². The Morgan fingerprint density at radius 1 is 1.35 bits per heavy atom. The van der Waals surface area contributed by atoms with E-state index in [-0.39, 0.29) is 27.7 Å². The van der Waals surface area contributed by atoms with Crippen molar-refractivity contribution in [3.05, 3.63) is 33.9 Å². The van der Waals surface area contributed by atoms with Crippen LogP contribution in [0.2, 0.25) is 0 Å². The lowest BCUT2D eigenvalue weighted by Crippen LogP contribution is -2.00. The van der Waals surface area contributed by atoms with Gasteiger partial charge in [0.25, 0.3) is 0 Å².